The Morgan fingerprint density at radius 1 is 1.35 bits per heavy atom. The minimum absolute atomic E-state index is 0.350. The Kier molecular flexibility index (Phi) is 3.76. The van der Waals surface area contributed by atoms with Gasteiger partial charge in [0.05, 0.1) is 6.20 Å². The number of anilines is 2. The molecular weight excluding hydrogens is 219 g/mol. The molecule has 0 saturated heterocycles. The summed E-state index contributed by atoms with van der Waals surface area (Å²) in [5, 5.41) is 2.84. The van der Waals surface area contributed by atoms with Crippen LogP contribution in [0.1, 0.15) is 32.1 Å². The van der Waals surface area contributed by atoms with Crippen molar-refractivity contribution in [2.75, 3.05) is 24.3 Å². The summed E-state index contributed by atoms with van der Waals surface area (Å²) < 4.78 is 13.7. The molecule has 5 heteroatoms. The average Bonchev–Trinajstić information content (AvgIpc) is 2.39. The zero-order valence-electron chi connectivity index (χ0n) is 10.4. The summed E-state index contributed by atoms with van der Waals surface area (Å²) in [6.45, 7) is 0. The van der Waals surface area contributed by atoms with Gasteiger partial charge in [-0.15, -0.1) is 0 Å². The lowest BCUT2D eigenvalue weighted by molar-refractivity contribution is 0.422. The van der Waals surface area contributed by atoms with Gasteiger partial charge in [-0.3, -0.25) is 0 Å². The molecule has 1 N–H and O–H groups in total. The molecule has 94 valence electrons. The van der Waals surface area contributed by atoms with Crippen molar-refractivity contribution in [3.05, 3.63) is 12.0 Å². The Hall–Kier alpha value is -1.39. The summed E-state index contributed by atoms with van der Waals surface area (Å²) in [5.41, 5.74) is 0. The van der Waals surface area contributed by atoms with E-state index in [0.717, 1.165) is 12.8 Å². The first-order chi connectivity index (χ1) is 8.22. The number of nitrogens with one attached hydrogen (secondary N) is 1. The summed E-state index contributed by atoms with van der Waals surface area (Å²) in [5.74, 6) is 0.511. The molecule has 0 spiro atoms. The molecule has 0 atom stereocenters. The predicted octanol–water partition coefficient (Wildman–Crippen LogP) is 2.43. The highest BCUT2D eigenvalue weighted by Gasteiger charge is 2.21. The van der Waals surface area contributed by atoms with Crippen LogP contribution in [0.15, 0.2) is 6.20 Å². The lowest BCUT2D eigenvalue weighted by Gasteiger charge is -2.32. The summed E-state index contributed by atoms with van der Waals surface area (Å²) in [7, 11) is 3.65. The van der Waals surface area contributed by atoms with Crippen LogP contribution in [0.4, 0.5) is 16.2 Å². The molecule has 4 nitrogen and oxygen atoms in total. The van der Waals surface area contributed by atoms with Gasteiger partial charge in [-0.2, -0.15) is 4.98 Å². The maximum absolute atomic E-state index is 13.7. The number of halogens is 1. The van der Waals surface area contributed by atoms with Gasteiger partial charge in [-0.05, 0) is 12.8 Å². The summed E-state index contributed by atoms with van der Waals surface area (Å²) >= 11 is 0. The molecule has 0 radical (unpaired) electrons. The molecule has 1 aromatic rings. The second-order valence-electron chi connectivity index (χ2n) is 4.52. The van der Waals surface area contributed by atoms with Crippen molar-refractivity contribution in [1.82, 2.24) is 9.97 Å². The van der Waals surface area contributed by atoms with Crippen LogP contribution in [0.2, 0.25) is 0 Å². The van der Waals surface area contributed by atoms with Gasteiger partial charge in [0.1, 0.15) is 0 Å². The van der Waals surface area contributed by atoms with Crippen molar-refractivity contribution in [3.63, 3.8) is 0 Å². The van der Waals surface area contributed by atoms with Gasteiger partial charge in [0.15, 0.2) is 11.6 Å². The topological polar surface area (TPSA) is 41.1 Å². The van der Waals surface area contributed by atoms with E-state index < -0.39 is 0 Å². The Morgan fingerprint density at radius 3 is 2.71 bits per heavy atom. The molecule has 1 heterocycles. The van der Waals surface area contributed by atoms with Crippen LogP contribution in [-0.2, 0) is 0 Å². The van der Waals surface area contributed by atoms with Crippen molar-refractivity contribution < 1.29 is 4.39 Å². The molecule has 17 heavy (non-hydrogen) atoms. The number of nitrogens with zero attached hydrogens (tertiary/aromatic N) is 3. The van der Waals surface area contributed by atoms with Crippen LogP contribution in [0.25, 0.3) is 0 Å². The third-order valence-electron chi connectivity index (χ3n) is 3.41. The fraction of sp³-hybridized carbons (Fsp3) is 0.667. The maximum atomic E-state index is 13.7. The molecule has 1 fully saturated rings. The van der Waals surface area contributed by atoms with E-state index in [1.807, 2.05) is 11.9 Å². The fourth-order valence-corrected chi connectivity index (χ4v) is 2.37. The van der Waals surface area contributed by atoms with E-state index in [2.05, 4.69) is 15.3 Å². The second-order valence-corrected chi connectivity index (χ2v) is 4.52. The average molecular weight is 238 g/mol. The van der Waals surface area contributed by atoms with Crippen molar-refractivity contribution in [3.8, 4) is 0 Å². The Morgan fingerprint density at radius 2 is 2.06 bits per heavy atom. The molecule has 1 aliphatic carbocycles. The van der Waals surface area contributed by atoms with Gasteiger partial charge in [0.2, 0.25) is 5.95 Å². The molecule has 0 unspecified atom stereocenters. The number of rotatable bonds is 3. The van der Waals surface area contributed by atoms with Crippen molar-refractivity contribution in [2.24, 2.45) is 0 Å². The van der Waals surface area contributed by atoms with E-state index in [4.69, 9.17) is 0 Å². The zero-order chi connectivity index (χ0) is 12.3. The van der Waals surface area contributed by atoms with Gasteiger partial charge in [-0.1, -0.05) is 19.3 Å². The second kappa shape index (κ2) is 5.29. The first kappa shape index (κ1) is 12.1. The molecule has 2 rings (SSSR count). The first-order valence-corrected chi connectivity index (χ1v) is 6.15. The lowest BCUT2D eigenvalue weighted by atomic mass is 9.94. The highest BCUT2D eigenvalue weighted by molar-refractivity contribution is 5.44. The minimum Gasteiger partial charge on any atom is -0.357 e. The molecule has 0 bridgehead atoms. The van der Waals surface area contributed by atoms with Gasteiger partial charge < -0.3 is 10.2 Å². The summed E-state index contributed by atoms with van der Waals surface area (Å²) in [4.78, 5) is 10.0. The largest absolute Gasteiger partial charge is 0.357 e. The van der Waals surface area contributed by atoms with Crippen LogP contribution in [0.3, 0.4) is 0 Å². The third kappa shape index (κ3) is 2.65. The molecule has 1 aromatic heterocycles. The Balaban J connectivity index is 2.19. The minimum atomic E-state index is -0.350. The van der Waals surface area contributed by atoms with Crippen LogP contribution in [0, 0.1) is 5.82 Å². The highest BCUT2D eigenvalue weighted by Crippen LogP contribution is 2.26. The number of hydrogen-bond donors (Lipinski definition) is 1. The van der Waals surface area contributed by atoms with Crippen LogP contribution in [-0.4, -0.2) is 30.1 Å². The van der Waals surface area contributed by atoms with Crippen molar-refractivity contribution in [1.29, 1.82) is 0 Å². The Labute approximate surface area is 101 Å². The van der Waals surface area contributed by atoms with E-state index in [9.17, 15) is 4.39 Å². The van der Waals surface area contributed by atoms with Crippen LogP contribution >= 0.6 is 0 Å². The van der Waals surface area contributed by atoms with E-state index >= 15 is 0 Å². The van der Waals surface area contributed by atoms with E-state index in [1.165, 1.54) is 25.5 Å². The SMILES string of the molecule is CNc1ncc(F)c(N(C)C2CCCCC2)n1. The van der Waals surface area contributed by atoms with Gasteiger partial charge >= 0.3 is 0 Å². The molecule has 0 aliphatic heterocycles. The standard InChI is InChI=1S/C12H19FN4/c1-14-12-15-8-10(13)11(16-12)17(2)9-6-4-3-5-7-9/h8-9H,3-7H2,1-2H3,(H,14,15,16). The van der Waals surface area contributed by atoms with Gasteiger partial charge in [0, 0.05) is 20.1 Å². The first-order valence-electron chi connectivity index (χ1n) is 6.15. The summed E-state index contributed by atoms with van der Waals surface area (Å²) in [6, 6.07) is 0.401. The van der Waals surface area contributed by atoms with Gasteiger partial charge in [0.25, 0.3) is 0 Å². The van der Waals surface area contributed by atoms with Crippen molar-refractivity contribution in [2.45, 2.75) is 38.1 Å². The molecule has 0 amide bonds. The fourth-order valence-electron chi connectivity index (χ4n) is 2.37. The van der Waals surface area contributed by atoms with E-state index in [0.29, 0.717) is 17.8 Å². The maximum Gasteiger partial charge on any atom is 0.224 e. The zero-order valence-corrected chi connectivity index (χ0v) is 10.4. The smallest absolute Gasteiger partial charge is 0.224 e. The lowest BCUT2D eigenvalue weighted by Crippen LogP contribution is -2.34. The van der Waals surface area contributed by atoms with Crippen molar-refractivity contribution >= 4 is 11.8 Å². The normalized spacial score (nSPS) is 16.9. The highest BCUT2D eigenvalue weighted by atomic mass is 19.1. The van der Waals surface area contributed by atoms with Crippen LogP contribution in [0.5, 0.6) is 0 Å². The van der Waals surface area contributed by atoms with Gasteiger partial charge in [-0.25, -0.2) is 9.37 Å². The predicted molar refractivity (Wildman–Crippen MR) is 66.8 cm³/mol. The molecular formula is C12H19FN4. The van der Waals surface area contributed by atoms with Crippen LogP contribution < -0.4 is 10.2 Å². The monoisotopic (exact) mass is 238 g/mol. The Bertz CT molecular complexity index is 377. The van der Waals surface area contributed by atoms with E-state index in [-0.39, 0.29) is 5.82 Å². The van der Waals surface area contributed by atoms with E-state index in [1.54, 1.807) is 7.05 Å². The number of hydrogen-bond acceptors (Lipinski definition) is 4. The molecule has 1 aliphatic rings. The molecule has 1 saturated carbocycles. The molecule has 0 aromatic carbocycles. The number of aromatic nitrogens is 2. The summed E-state index contributed by atoms with van der Waals surface area (Å²) in [6.07, 6.45) is 7.21. The third-order valence-corrected chi connectivity index (χ3v) is 3.41. The quantitative estimate of drug-likeness (QED) is 0.878.